The standard InChI is InChI=1S/C16H24FN3O.HI/c1-18-16(20-14-5-3-2-4-6-14)19-10-12-7-8-15(17)13(9-12)11-21;/h7-9,14,21H,2-6,10-11H2,1H3,(H2,18,19,20);1H. The normalized spacial score (nSPS) is 16.0. The summed E-state index contributed by atoms with van der Waals surface area (Å²) in [5.41, 5.74) is 1.25. The van der Waals surface area contributed by atoms with E-state index in [0.29, 0.717) is 18.2 Å². The van der Waals surface area contributed by atoms with Crippen LogP contribution in [0.15, 0.2) is 23.2 Å². The summed E-state index contributed by atoms with van der Waals surface area (Å²) in [6, 6.07) is 5.28. The van der Waals surface area contributed by atoms with E-state index in [2.05, 4.69) is 15.6 Å². The van der Waals surface area contributed by atoms with E-state index < -0.39 is 0 Å². The number of aliphatic hydroxyl groups is 1. The van der Waals surface area contributed by atoms with Crippen LogP contribution < -0.4 is 10.6 Å². The predicted molar refractivity (Wildman–Crippen MR) is 97.9 cm³/mol. The lowest BCUT2D eigenvalue weighted by molar-refractivity contribution is 0.275. The summed E-state index contributed by atoms with van der Waals surface area (Å²) >= 11 is 0. The largest absolute Gasteiger partial charge is 0.392 e. The molecule has 22 heavy (non-hydrogen) atoms. The number of benzene rings is 1. The maximum absolute atomic E-state index is 13.3. The fourth-order valence-electron chi connectivity index (χ4n) is 2.68. The van der Waals surface area contributed by atoms with E-state index in [1.54, 1.807) is 19.2 Å². The smallest absolute Gasteiger partial charge is 0.191 e. The van der Waals surface area contributed by atoms with E-state index in [0.717, 1.165) is 11.5 Å². The number of nitrogens with one attached hydrogen (secondary N) is 2. The highest BCUT2D eigenvalue weighted by molar-refractivity contribution is 14.0. The Labute approximate surface area is 148 Å². The summed E-state index contributed by atoms with van der Waals surface area (Å²) in [7, 11) is 1.75. The summed E-state index contributed by atoms with van der Waals surface area (Å²) in [5, 5.41) is 15.8. The minimum atomic E-state index is -0.369. The van der Waals surface area contributed by atoms with Gasteiger partial charge in [-0.2, -0.15) is 0 Å². The van der Waals surface area contributed by atoms with Crippen LogP contribution in [0.1, 0.15) is 43.2 Å². The third-order valence-corrected chi connectivity index (χ3v) is 3.91. The van der Waals surface area contributed by atoms with Gasteiger partial charge >= 0.3 is 0 Å². The quantitative estimate of drug-likeness (QED) is 0.398. The molecule has 0 unspecified atom stereocenters. The molecule has 3 N–H and O–H groups in total. The zero-order valence-corrected chi connectivity index (χ0v) is 15.3. The van der Waals surface area contributed by atoms with Gasteiger partial charge in [-0.15, -0.1) is 24.0 Å². The molecule has 0 heterocycles. The van der Waals surface area contributed by atoms with E-state index in [-0.39, 0.29) is 36.4 Å². The van der Waals surface area contributed by atoms with Crippen LogP contribution in [0.4, 0.5) is 4.39 Å². The van der Waals surface area contributed by atoms with E-state index >= 15 is 0 Å². The van der Waals surface area contributed by atoms with Crippen molar-refractivity contribution < 1.29 is 9.50 Å². The van der Waals surface area contributed by atoms with Gasteiger partial charge in [0.2, 0.25) is 0 Å². The Bertz CT molecular complexity index is 490. The Morgan fingerprint density at radius 1 is 1.32 bits per heavy atom. The van der Waals surface area contributed by atoms with Crippen LogP contribution in [-0.4, -0.2) is 24.2 Å². The number of aliphatic hydroxyl groups excluding tert-OH is 1. The molecule has 124 valence electrons. The lowest BCUT2D eigenvalue weighted by Gasteiger charge is -2.25. The van der Waals surface area contributed by atoms with Crippen LogP contribution in [0, 0.1) is 5.82 Å². The summed E-state index contributed by atoms with van der Waals surface area (Å²) in [4.78, 5) is 4.23. The molecule has 0 bridgehead atoms. The molecule has 1 fully saturated rings. The average Bonchev–Trinajstić information content (AvgIpc) is 2.53. The first kappa shape index (κ1) is 19.2. The number of halogens is 2. The lowest BCUT2D eigenvalue weighted by atomic mass is 9.96. The second-order valence-electron chi connectivity index (χ2n) is 5.49. The van der Waals surface area contributed by atoms with Crippen molar-refractivity contribution in [3.05, 3.63) is 35.1 Å². The maximum atomic E-state index is 13.3. The van der Waals surface area contributed by atoms with Crippen LogP contribution in [-0.2, 0) is 13.2 Å². The van der Waals surface area contributed by atoms with Crippen molar-refractivity contribution in [2.75, 3.05) is 7.05 Å². The monoisotopic (exact) mass is 421 g/mol. The maximum Gasteiger partial charge on any atom is 0.191 e. The van der Waals surface area contributed by atoms with Crippen LogP contribution in [0.2, 0.25) is 0 Å². The summed E-state index contributed by atoms with van der Waals surface area (Å²) < 4.78 is 13.3. The van der Waals surface area contributed by atoms with Gasteiger partial charge in [-0.1, -0.05) is 25.3 Å². The first-order valence-corrected chi connectivity index (χ1v) is 7.58. The molecule has 0 spiro atoms. The van der Waals surface area contributed by atoms with Crippen molar-refractivity contribution in [3.63, 3.8) is 0 Å². The number of nitrogens with zero attached hydrogens (tertiary/aromatic N) is 1. The molecular weight excluding hydrogens is 396 g/mol. The second-order valence-corrected chi connectivity index (χ2v) is 5.49. The van der Waals surface area contributed by atoms with Crippen LogP contribution >= 0.6 is 24.0 Å². The summed E-state index contributed by atoms with van der Waals surface area (Å²) in [6.07, 6.45) is 6.24. The molecule has 1 aromatic carbocycles. The highest BCUT2D eigenvalue weighted by Crippen LogP contribution is 2.17. The van der Waals surface area contributed by atoms with Crippen molar-refractivity contribution in [2.24, 2.45) is 4.99 Å². The molecule has 0 saturated heterocycles. The van der Waals surface area contributed by atoms with Crippen molar-refractivity contribution in [1.29, 1.82) is 0 Å². The third kappa shape index (κ3) is 5.72. The van der Waals surface area contributed by atoms with Gasteiger partial charge in [0, 0.05) is 25.2 Å². The Balaban J connectivity index is 0.00000242. The van der Waals surface area contributed by atoms with Crippen LogP contribution in [0.3, 0.4) is 0 Å². The third-order valence-electron chi connectivity index (χ3n) is 3.91. The highest BCUT2D eigenvalue weighted by Gasteiger charge is 2.14. The summed E-state index contributed by atoms with van der Waals surface area (Å²) in [5.74, 6) is 0.405. The molecule has 1 aromatic rings. The van der Waals surface area contributed by atoms with E-state index in [9.17, 15) is 4.39 Å². The van der Waals surface area contributed by atoms with E-state index in [1.807, 2.05) is 0 Å². The van der Waals surface area contributed by atoms with E-state index in [1.165, 1.54) is 38.2 Å². The second kappa shape index (κ2) is 9.99. The number of guanidine groups is 1. The molecule has 0 atom stereocenters. The zero-order valence-electron chi connectivity index (χ0n) is 12.9. The first-order valence-electron chi connectivity index (χ1n) is 7.58. The van der Waals surface area contributed by atoms with Crippen molar-refractivity contribution in [3.8, 4) is 0 Å². The fraction of sp³-hybridized carbons (Fsp3) is 0.562. The molecule has 4 nitrogen and oxygen atoms in total. The molecule has 0 radical (unpaired) electrons. The van der Waals surface area contributed by atoms with Crippen molar-refractivity contribution in [1.82, 2.24) is 10.6 Å². The molecule has 1 aliphatic carbocycles. The minimum Gasteiger partial charge on any atom is -0.392 e. The van der Waals surface area contributed by atoms with Crippen LogP contribution in [0.5, 0.6) is 0 Å². The van der Waals surface area contributed by atoms with Crippen molar-refractivity contribution in [2.45, 2.75) is 51.3 Å². The van der Waals surface area contributed by atoms with Gasteiger partial charge in [-0.25, -0.2) is 4.39 Å². The Morgan fingerprint density at radius 2 is 2.05 bits per heavy atom. The topological polar surface area (TPSA) is 56.7 Å². The van der Waals surface area contributed by atoms with Gasteiger partial charge in [0.15, 0.2) is 5.96 Å². The Kier molecular flexibility index (Phi) is 8.70. The zero-order chi connectivity index (χ0) is 15.1. The predicted octanol–water partition coefficient (Wildman–Crippen LogP) is 2.93. The number of hydrogen-bond donors (Lipinski definition) is 3. The van der Waals surface area contributed by atoms with Gasteiger partial charge in [0.1, 0.15) is 5.82 Å². The Hall–Kier alpha value is -0.890. The average molecular weight is 421 g/mol. The molecule has 0 aliphatic heterocycles. The number of rotatable bonds is 4. The fourth-order valence-corrected chi connectivity index (χ4v) is 2.68. The first-order chi connectivity index (χ1) is 10.2. The lowest BCUT2D eigenvalue weighted by Crippen LogP contribution is -2.43. The molecular formula is C16H25FIN3O. The molecule has 0 aromatic heterocycles. The minimum absolute atomic E-state index is 0. The van der Waals surface area contributed by atoms with Gasteiger partial charge < -0.3 is 15.7 Å². The molecule has 2 rings (SSSR count). The van der Waals surface area contributed by atoms with Gasteiger partial charge in [0.05, 0.1) is 6.61 Å². The molecule has 6 heteroatoms. The van der Waals surface area contributed by atoms with Crippen molar-refractivity contribution >= 4 is 29.9 Å². The SMILES string of the molecule is CN=C(NCc1ccc(F)c(CO)c1)NC1CCCCC1.I. The van der Waals surface area contributed by atoms with E-state index in [4.69, 9.17) is 5.11 Å². The molecule has 1 aliphatic rings. The van der Waals surface area contributed by atoms with Gasteiger partial charge in [-0.3, -0.25) is 4.99 Å². The molecule has 0 amide bonds. The summed E-state index contributed by atoms with van der Waals surface area (Å²) in [6.45, 7) is 0.272. The Morgan fingerprint density at radius 3 is 2.68 bits per heavy atom. The van der Waals surface area contributed by atoms with Crippen LogP contribution in [0.25, 0.3) is 0 Å². The number of hydrogen-bond acceptors (Lipinski definition) is 2. The highest BCUT2D eigenvalue weighted by atomic mass is 127. The van der Waals surface area contributed by atoms with Gasteiger partial charge in [-0.05, 0) is 30.5 Å². The van der Waals surface area contributed by atoms with Gasteiger partial charge in [0.25, 0.3) is 0 Å². The molecule has 1 saturated carbocycles. The number of aliphatic imine (C=N–C) groups is 1.